The standard InChI is InChI=1S/C24H23FN8O2/c1-13-7-18(25)17(10-21(13)32-11-20(26-12-32)14-5-6-14)24(35)28-22-4-2-3-19(27-22)23-29-30-31-33(23)15-8-16(34)9-15/h2-4,7,10-12,14-16,34H,5-6,8-9H2,1H3,(H,27,28,35). The molecule has 3 aromatic heterocycles. The van der Waals surface area contributed by atoms with Gasteiger partial charge in [0.25, 0.3) is 5.91 Å². The molecule has 10 nitrogen and oxygen atoms in total. The van der Waals surface area contributed by atoms with Gasteiger partial charge < -0.3 is 15.0 Å². The zero-order chi connectivity index (χ0) is 24.1. The Hall–Kier alpha value is -3.99. The summed E-state index contributed by atoms with van der Waals surface area (Å²) < 4.78 is 18.3. The number of aliphatic hydroxyl groups is 1. The number of amides is 1. The van der Waals surface area contributed by atoms with Crippen LogP contribution in [0.2, 0.25) is 0 Å². The number of carbonyl (C=O) groups is 1. The predicted molar refractivity (Wildman–Crippen MR) is 124 cm³/mol. The van der Waals surface area contributed by atoms with Crippen LogP contribution >= 0.6 is 0 Å². The molecule has 0 aliphatic heterocycles. The maximum atomic E-state index is 14.8. The van der Waals surface area contributed by atoms with Crippen LogP contribution in [0.1, 0.15) is 59.3 Å². The first kappa shape index (κ1) is 21.5. The number of aryl methyl sites for hydroxylation is 1. The molecule has 0 unspecified atom stereocenters. The van der Waals surface area contributed by atoms with Gasteiger partial charge in [0.15, 0.2) is 0 Å². The Morgan fingerprint density at radius 2 is 2.06 bits per heavy atom. The molecule has 0 atom stereocenters. The minimum atomic E-state index is -0.616. The molecular formula is C24H23FN8O2. The van der Waals surface area contributed by atoms with E-state index < -0.39 is 11.7 Å². The first-order valence-electron chi connectivity index (χ1n) is 11.6. The number of rotatable bonds is 6. The molecule has 1 aromatic carbocycles. The van der Waals surface area contributed by atoms with E-state index >= 15 is 0 Å². The summed E-state index contributed by atoms with van der Waals surface area (Å²) in [6, 6.07) is 7.95. The van der Waals surface area contributed by atoms with Crippen molar-refractivity contribution in [1.82, 2.24) is 34.7 Å². The van der Waals surface area contributed by atoms with Crippen molar-refractivity contribution in [1.29, 1.82) is 0 Å². The lowest BCUT2D eigenvalue weighted by Crippen LogP contribution is -2.32. The molecule has 178 valence electrons. The zero-order valence-electron chi connectivity index (χ0n) is 19.0. The number of nitrogens with one attached hydrogen (secondary N) is 1. The fraction of sp³-hybridized carbons (Fsp3) is 0.333. The number of aliphatic hydroxyl groups excluding tert-OH is 1. The fourth-order valence-electron chi connectivity index (χ4n) is 4.35. The highest BCUT2D eigenvalue weighted by Crippen LogP contribution is 2.39. The van der Waals surface area contributed by atoms with Crippen molar-refractivity contribution >= 4 is 11.7 Å². The first-order valence-corrected chi connectivity index (χ1v) is 11.6. The molecule has 2 saturated carbocycles. The molecule has 2 fully saturated rings. The van der Waals surface area contributed by atoms with E-state index in [2.05, 4.69) is 30.8 Å². The first-order chi connectivity index (χ1) is 17.0. The maximum Gasteiger partial charge on any atom is 0.259 e. The number of hydrogen-bond donors (Lipinski definition) is 2. The average molecular weight is 475 g/mol. The van der Waals surface area contributed by atoms with Crippen molar-refractivity contribution in [3.63, 3.8) is 0 Å². The highest BCUT2D eigenvalue weighted by atomic mass is 19.1. The Morgan fingerprint density at radius 1 is 1.23 bits per heavy atom. The normalized spacial score (nSPS) is 19.4. The van der Waals surface area contributed by atoms with Gasteiger partial charge in [0.1, 0.15) is 17.3 Å². The van der Waals surface area contributed by atoms with Gasteiger partial charge in [-0.15, -0.1) is 5.10 Å². The predicted octanol–water partition coefficient (Wildman–Crippen LogP) is 3.19. The Kier molecular flexibility index (Phi) is 5.14. The van der Waals surface area contributed by atoms with Crippen molar-refractivity contribution < 1.29 is 14.3 Å². The van der Waals surface area contributed by atoms with Crippen molar-refractivity contribution in [2.24, 2.45) is 0 Å². The number of halogens is 1. The highest BCUT2D eigenvalue weighted by Gasteiger charge is 2.32. The van der Waals surface area contributed by atoms with E-state index in [1.165, 1.54) is 12.1 Å². The quantitative estimate of drug-likeness (QED) is 0.440. The fourth-order valence-corrected chi connectivity index (χ4v) is 4.35. The second-order valence-electron chi connectivity index (χ2n) is 9.19. The second-order valence-corrected chi connectivity index (χ2v) is 9.19. The van der Waals surface area contributed by atoms with E-state index in [-0.39, 0.29) is 23.5 Å². The monoisotopic (exact) mass is 474 g/mol. The van der Waals surface area contributed by atoms with Crippen molar-refractivity contribution in [3.8, 4) is 17.2 Å². The van der Waals surface area contributed by atoms with Crippen molar-refractivity contribution in [2.75, 3.05) is 5.32 Å². The average Bonchev–Trinajstić information content (AvgIpc) is 3.35. The number of nitrogens with zero attached hydrogens (tertiary/aromatic N) is 7. The van der Waals surface area contributed by atoms with Gasteiger partial charge in [0, 0.05) is 12.1 Å². The molecule has 0 bridgehead atoms. The van der Waals surface area contributed by atoms with Gasteiger partial charge in [0.2, 0.25) is 5.82 Å². The van der Waals surface area contributed by atoms with Crippen molar-refractivity contribution in [3.05, 3.63) is 65.5 Å². The number of imidazole rings is 1. The summed E-state index contributed by atoms with van der Waals surface area (Å²) in [5.41, 5.74) is 2.78. The van der Waals surface area contributed by atoms with Crippen LogP contribution in [0.3, 0.4) is 0 Å². The van der Waals surface area contributed by atoms with Gasteiger partial charge >= 0.3 is 0 Å². The smallest absolute Gasteiger partial charge is 0.259 e. The Morgan fingerprint density at radius 3 is 2.83 bits per heavy atom. The van der Waals surface area contributed by atoms with E-state index in [9.17, 15) is 14.3 Å². The van der Waals surface area contributed by atoms with Crippen LogP contribution in [0, 0.1) is 12.7 Å². The summed E-state index contributed by atoms with van der Waals surface area (Å²) in [6.07, 6.45) is 6.70. The molecule has 2 aliphatic rings. The largest absolute Gasteiger partial charge is 0.393 e. The molecule has 11 heteroatoms. The minimum absolute atomic E-state index is 0.00118. The van der Waals surface area contributed by atoms with Crippen LogP contribution in [0.15, 0.2) is 42.9 Å². The van der Waals surface area contributed by atoms with E-state index in [1.807, 2.05) is 10.8 Å². The van der Waals surface area contributed by atoms with Crippen LogP contribution in [0.5, 0.6) is 0 Å². The van der Waals surface area contributed by atoms with Gasteiger partial charge in [-0.3, -0.25) is 4.79 Å². The summed E-state index contributed by atoms with van der Waals surface area (Å²) in [4.78, 5) is 21.9. The van der Waals surface area contributed by atoms with Gasteiger partial charge in [-0.25, -0.2) is 19.0 Å². The lowest BCUT2D eigenvalue weighted by Gasteiger charge is -2.31. The van der Waals surface area contributed by atoms with E-state index in [4.69, 9.17) is 0 Å². The van der Waals surface area contributed by atoms with Gasteiger partial charge in [0.05, 0.1) is 35.4 Å². The molecule has 0 saturated heterocycles. The van der Waals surface area contributed by atoms with Crippen LogP contribution in [-0.2, 0) is 0 Å². The summed E-state index contributed by atoms with van der Waals surface area (Å²) in [5.74, 6) is -0.0507. The molecule has 0 radical (unpaired) electrons. The Balaban J connectivity index is 1.25. The minimum Gasteiger partial charge on any atom is -0.393 e. The number of tetrazole rings is 1. The highest BCUT2D eigenvalue weighted by molar-refractivity contribution is 6.04. The lowest BCUT2D eigenvalue weighted by atomic mass is 9.89. The summed E-state index contributed by atoms with van der Waals surface area (Å²) >= 11 is 0. The molecule has 35 heavy (non-hydrogen) atoms. The number of hydrogen-bond acceptors (Lipinski definition) is 7. The van der Waals surface area contributed by atoms with Gasteiger partial charge in [-0.1, -0.05) is 6.07 Å². The summed E-state index contributed by atoms with van der Waals surface area (Å²) in [7, 11) is 0. The third-order valence-corrected chi connectivity index (χ3v) is 6.55. The van der Waals surface area contributed by atoms with Crippen LogP contribution in [0.4, 0.5) is 10.2 Å². The Bertz CT molecular complexity index is 1420. The molecular weight excluding hydrogens is 451 g/mol. The SMILES string of the molecule is Cc1cc(F)c(C(=O)Nc2cccc(-c3nnnn3C3CC(O)C3)n2)cc1-n1cnc(C2CC2)c1. The summed E-state index contributed by atoms with van der Waals surface area (Å²) in [6.45, 7) is 1.80. The van der Waals surface area contributed by atoms with Crippen LogP contribution in [-0.4, -0.2) is 51.9 Å². The summed E-state index contributed by atoms with van der Waals surface area (Å²) in [5, 5.41) is 24.1. The van der Waals surface area contributed by atoms with Crippen LogP contribution < -0.4 is 5.32 Å². The number of anilines is 1. The van der Waals surface area contributed by atoms with E-state index in [0.717, 1.165) is 18.5 Å². The van der Waals surface area contributed by atoms with E-state index in [1.54, 1.807) is 36.1 Å². The lowest BCUT2D eigenvalue weighted by molar-refractivity contribution is 0.0433. The number of carbonyl (C=O) groups excluding carboxylic acids is 1. The molecule has 2 N–H and O–H groups in total. The molecule has 0 spiro atoms. The molecule has 6 rings (SSSR count). The zero-order valence-corrected chi connectivity index (χ0v) is 19.0. The Labute approximate surface area is 199 Å². The van der Waals surface area contributed by atoms with Gasteiger partial charge in [-0.2, -0.15) is 0 Å². The number of benzene rings is 1. The molecule has 3 heterocycles. The molecule has 4 aromatic rings. The third-order valence-electron chi connectivity index (χ3n) is 6.55. The molecule has 1 amide bonds. The topological polar surface area (TPSA) is 124 Å². The second kappa shape index (κ2) is 8.35. The maximum absolute atomic E-state index is 14.8. The third kappa shape index (κ3) is 4.08. The van der Waals surface area contributed by atoms with Gasteiger partial charge in [-0.05, 0) is 72.9 Å². The van der Waals surface area contributed by atoms with Crippen molar-refractivity contribution in [2.45, 2.75) is 50.7 Å². The van der Waals surface area contributed by atoms with E-state index in [0.29, 0.717) is 41.5 Å². The number of pyridine rings is 1. The van der Waals surface area contributed by atoms with Crippen LogP contribution in [0.25, 0.3) is 17.2 Å². The molecule has 2 aliphatic carbocycles. The number of aromatic nitrogens is 7.